The van der Waals surface area contributed by atoms with Gasteiger partial charge in [-0.3, -0.25) is 11.1 Å². The van der Waals surface area contributed by atoms with Crippen LogP contribution in [0.5, 0.6) is 5.75 Å². The molecule has 5 N–H and O–H groups in total. The van der Waals surface area contributed by atoms with E-state index in [2.05, 4.69) is 16.0 Å². The van der Waals surface area contributed by atoms with Crippen molar-refractivity contribution in [2.75, 3.05) is 19.0 Å². The van der Waals surface area contributed by atoms with Gasteiger partial charge >= 0.3 is 18.0 Å². The SMILES string of the molecule is COc1ccc(NC(Cc2ccc(Cl)cc2CNC(=O)[N+]2(C(=O)[C@](N)(NC(=O)OC(C)(C)C)C3CCCCC3)CCC[C@H]2C)C(F)F)cc1. The van der Waals surface area contributed by atoms with Crippen molar-refractivity contribution in [3.8, 4) is 5.75 Å². The Hall–Kier alpha value is -3.48. The number of methoxy groups -OCH3 is 1. The van der Waals surface area contributed by atoms with Crippen LogP contribution in [0.2, 0.25) is 5.02 Å². The summed E-state index contributed by atoms with van der Waals surface area (Å²) in [6.45, 7) is 7.14. The number of halogens is 3. The van der Waals surface area contributed by atoms with Gasteiger partial charge in [0.2, 0.25) is 5.66 Å². The average Bonchev–Trinajstić information content (AvgIpc) is 3.45. The number of alkyl carbamates (subject to hydrolysis) is 1. The van der Waals surface area contributed by atoms with E-state index in [4.69, 9.17) is 26.8 Å². The smallest absolute Gasteiger partial charge is 0.424 e. The molecule has 2 aromatic rings. The molecule has 0 radical (unpaired) electrons. The number of carbonyl (C=O) groups excluding carboxylic acids is 3. The highest BCUT2D eigenvalue weighted by atomic mass is 35.5. The number of benzene rings is 2. The van der Waals surface area contributed by atoms with Crippen molar-refractivity contribution in [1.29, 1.82) is 0 Å². The van der Waals surface area contributed by atoms with Crippen LogP contribution in [-0.2, 0) is 22.5 Å². The Labute approximate surface area is 293 Å². The zero-order chi connectivity index (χ0) is 36.0. The van der Waals surface area contributed by atoms with Gasteiger partial charge in [0.1, 0.15) is 17.4 Å². The molecule has 4 amide bonds. The number of nitrogens with two attached hydrogens (primary N) is 1. The number of rotatable bonds is 11. The molecule has 4 atom stereocenters. The lowest BCUT2D eigenvalue weighted by Crippen LogP contribution is -2.77. The number of imide groups is 1. The Morgan fingerprint density at radius 2 is 1.67 bits per heavy atom. The van der Waals surface area contributed by atoms with Crippen LogP contribution in [0.15, 0.2) is 42.5 Å². The summed E-state index contributed by atoms with van der Waals surface area (Å²) in [5.41, 5.74) is 5.89. The van der Waals surface area contributed by atoms with Crippen LogP contribution in [0.4, 0.5) is 24.1 Å². The Bertz CT molecular complexity index is 1470. The molecular formula is C36H51ClF2N5O5+. The topological polar surface area (TPSA) is 132 Å². The van der Waals surface area contributed by atoms with Crippen LogP contribution < -0.4 is 26.4 Å². The molecule has 2 fully saturated rings. The highest BCUT2D eigenvalue weighted by molar-refractivity contribution is 6.30. The molecule has 2 aliphatic rings. The molecule has 0 spiro atoms. The van der Waals surface area contributed by atoms with E-state index in [-0.39, 0.29) is 25.4 Å². The summed E-state index contributed by atoms with van der Waals surface area (Å²) >= 11 is 6.34. The van der Waals surface area contributed by atoms with E-state index in [1.54, 1.807) is 63.2 Å². The Kier molecular flexibility index (Phi) is 12.5. The lowest BCUT2D eigenvalue weighted by atomic mass is 9.78. The van der Waals surface area contributed by atoms with Crippen molar-refractivity contribution < 1.29 is 37.1 Å². The maximum Gasteiger partial charge on any atom is 0.424 e. The lowest BCUT2D eigenvalue weighted by molar-refractivity contribution is -0.787. The molecule has 2 unspecified atom stereocenters. The predicted molar refractivity (Wildman–Crippen MR) is 185 cm³/mol. The van der Waals surface area contributed by atoms with E-state index in [1.165, 1.54) is 7.11 Å². The van der Waals surface area contributed by atoms with E-state index in [0.717, 1.165) is 19.3 Å². The highest BCUT2D eigenvalue weighted by Crippen LogP contribution is 2.37. The van der Waals surface area contributed by atoms with Crippen LogP contribution >= 0.6 is 11.6 Å². The first-order valence-electron chi connectivity index (χ1n) is 17.1. The second-order valence-corrected chi connectivity index (χ2v) is 14.7. The van der Waals surface area contributed by atoms with Crippen LogP contribution in [-0.4, -0.2) is 65.9 Å². The van der Waals surface area contributed by atoms with Crippen molar-refractivity contribution in [2.45, 2.75) is 115 Å². The molecule has 1 saturated heterocycles. The van der Waals surface area contributed by atoms with Gasteiger partial charge in [-0.1, -0.05) is 36.9 Å². The first-order chi connectivity index (χ1) is 23.1. The van der Waals surface area contributed by atoms with Crippen LogP contribution in [0.25, 0.3) is 0 Å². The average molecular weight is 707 g/mol. The minimum Gasteiger partial charge on any atom is -0.497 e. The van der Waals surface area contributed by atoms with Crippen LogP contribution in [0, 0.1) is 5.92 Å². The standard InChI is InChI=1S/C36H50ClF2N5O5/c1-23-10-9-19-44(23,32(45)36(40,26-11-7-6-8-12-26)43-34(47)49-35(2,3)4)33(46)41-22-25-20-27(37)14-13-24(25)21-30(31(38)39)42-28-15-17-29(48-5)18-16-28/h13-18,20,23,26,30-31,42H,6-12,19,21-22,40H2,1-5H3,(H-,41,43,46,47)/p+1/t23-,30?,36-,44?/m1/s1. The number of carbonyl (C=O) groups is 3. The number of hydrogen-bond donors (Lipinski definition) is 4. The van der Waals surface area contributed by atoms with Gasteiger partial charge in [-0.05, 0) is 94.5 Å². The molecule has 1 heterocycles. The van der Waals surface area contributed by atoms with Crippen LogP contribution in [0.1, 0.15) is 83.8 Å². The second-order valence-electron chi connectivity index (χ2n) is 14.3. The van der Waals surface area contributed by atoms with Crippen LogP contribution in [0.3, 0.4) is 0 Å². The quantitative estimate of drug-likeness (QED) is 0.144. The van der Waals surface area contributed by atoms with Gasteiger partial charge in [0, 0.05) is 36.0 Å². The number of nitrogens with one attached hydrogen (secondary N) is 3. The molecule has 4 rings (SSSR count). The zero-order valence-corrected chi connectivity index (χ0v) is 29.9. The molecule has 0 aromatic heterocycles. The predicted octanol–water partition coefficient (Wildman–Crippen LogP) is 7.13. The summed E-state index contributed by atoms with van der Waals surface area (Å²) in [5, 5.41) is 8.91. The van der Waals surface area contributed by atoms with Gasteiger partial charge in [-0.2, -0.15) is 4.48 Å². The van der Waals surface area contributed by atoms with Crippen molar-refractivity contribution in [3.05, 3.63) is 58.6 Å². The largest absolute Gasteiger partial charge is 0.497 e. The first kappa shape index (κ1) is 38.3. The number of likely N-dealkylation sites (tertiary alicyclic amines) is 1. The van der Waals surface area contributed by atoms with E-state index < -0.39 is 52.3 Å². The van der Waals surface area contributed by atoms with Crippen molar-refractivity contribution in [2.24, 2.45) is 11.7 Å². The Morgan fingerprint density at radius 1 is 1.00 bits per heavy atom. The molecular weight excluding hydrogens is 656 g/mol. The van der Waals surface area contributed by atoms with Gasteiger partial charge in [0.25, 0.3) is 6.43 Å². The van der Waals surface area contributed by atoms with E-state index in [1.807, 2.05) is 6.92 Å². The maximum absolute atomic E-state index is 14.8. The van der Waals surface area contributed by atoms with Crippen molar-refractivity contribution in [1.82, 2.24) is 10.6 Å². The molecule has 10 nitrogen and oxygen atoms in total. The third-order valence-electron chi connectivity index (χ3n) is 9.71. The summed E-state index contributed by atoms with van der Waals surface area (Å²) in [5.74, 6) is -0.367. The molecule has 1 aliphatic carbocycles. The van der Waals surface area contributed by atoms with Gasteiger partial charge in [-0.15, -0.1) is 0 Å². The number of quaternary nitrogens is 1. The molecule has 1 saturated carbocycles. The fourth-order valence-electron chi connectivity index (χ4n) is 7.07. The molecule has 2 aromatic carbocycles. The van der Waals surface area contributed by atoms with E-state index >= 15 is 0 Å². The van der Waals surface area contributed by atoms with Gasteiger partial charge in [-0.25, -0.2) is 23.2 Å². The fraction of sp³-hybridized carbons (Fsp3) is 0.583. The number of urea groups is 1. The summed E-state index contributed by atoms with van der Waals surface area (Å²) in [6.07, 6.45) is 1.55. The Balaban J connectivity index is 1.59. The molecule has 270 valence electrons. The molecule has 49 heavy (non-hydrogen) atoms. The molecule has 13 heteroatoms. The normalized spacial score (nSPS) is 21.8. The summed E-state index contributed by atoms with van der Waals surface area (Å²) in [6, 6.07) is 9.38. The molecule has 1 aliphatic heterocycles. The number of nitrogens with zero attached hydrogens (tertiary/aromatic N) is 1. The van der Waals surface area contributed by atoms with E-state index in [9.17, 15) is 23.2 Å². The summed E-state index contributed by atoms with van der Waals surface area (Å²) in [4.78, 5) is 42.2. The zero-order valence-electron chi connectivity index (χ0n) is 29.1. The summed E-state index contributed by atoms with van der Waals surface area (Å²) < 4.78 is 38.7. The number of anilines is 1. The highest BCUT2D eigenvalue weighted by Gasteiger charge is 2.62. The fourth-order valence-corrected chi connectivity index (χ4v) is 7.27. The number of alkyl halides is 2. The van der Waals surface area contributed by atoms with Gasteiger partial charge in [0.05, 0.1) is 19.7 Å². The minimum atomic E-state index is -2.70. The second kappa shape index (κ2) is 16.0. The van der Waals surface area contributed by atoms with Gasteiger partial charge < -0.3 is 20.1 Å². The maximum atomic E-state index is 14.8. The van der Waals surface area contributed by atoms with Crippen molar-refractivity contribution >= 4 is 35.3 Å². The third-order valence-corrected chi connectivity index (χ3v) is 9.94. The number of amides is 4. The van der Waals surface area contributed by atoms with Gasteiger partial charge in [0.15, 0.2) is 0 Å². The Morgan fingerprint density at radius 3 is 2.24 bits per heavy atom. The van der Waals surface area contributed by atoms with E-state index in [0.29, 0.717) is 53.3 Å². The number of ether oxygens (including phenoxy) is 2. The van der Waals surface area contributed by atoms with Crippen molar-refractivity contribution in [3.63, 3.8) is 0 Å². The lowest BCUT2D eigenvalue weighted by Gasteiger charge is -2.43. The third kappa shape index (κ3) is 9.20. The number of hydrogen-bond acceptors (Lipinski definition) is 7. The molecule has 0 bridgehead atoms. The monoisotopic (exact) mass is 706 g/mol. The summed E-state index contributed by atoms with van der Waals surface area (Å²) in [7, 11) is 1.53. The minimum absolute atomic E-state index is 0.0607. The first-order valence-corrected chi connectivity index (χ1v) is 17.4.